The number of hydrogen-bond acceptors (Lipinski definition) is 2. The van der Waals surface area contributed by atoms with Crippen molar-refractivity contribution < 1.29 is 15.0 Å². The van der Waals surface area contributed by atoms with Crippen molar-refractivity contribution in [2.24, 2.45) is 0 Å². The van der Waals surface area contributed by atoms with Crippen LogP contribution >= 0.6 is 11.6 Å². The zero-order chi connectivity index (χ0) is 12.4. The molecule has 2 N–H and O–H groups in total. The highest BCUT2D eigenvalue weighted by Crippen LogP contribution is 2.26. The summed E-state index contributed by atoms with van der Waals surface area (Å²) in [4.78, 5) is 10.9. The quantitative estimate of drug-likeness (QED) is 0.856. The van der Waals surface area contributed by atoms with Gasteiger partial charge in [-0.3, -0.25) is 0 Å². The maximum absolute atomic E-state index is 10.9. The molecule has 0 unspecified atom stereocenters. The lowest BCUT2D eigenvalue weighted by Crippen LogP contribution is -1.96. The molecule has 0 amide bonds. The van der Waals surface area contributed by atoms with Crippen LogP contribution in [0, 0.1) is 0 Å². The molecule has 0 radical (unpaired) electrons. The van der Waals surface area contributed by atoms with E-state index in [1.54, 1.807) is 24.3 Å². The standard InChI is InChI=1S/C13H9ClO3/c14-11-6-9(5-10(7-11)13(16)17)8-1-3-12(15)4-2-8/h1-7,15H,(H,16,17). The van der Waals surface area contributed by atoms with Crippen LogP contribution in [0.1, 0.15) is 10.4 Å². The molecule has 2 aromatic rings. The molecule has 2 aromatic carbocycles. The van der Waals surface area contributed by atoms with Crippen LogP contribution in [-0.4, -0.2) is 16.2 Å². The van der Waals surface area contributed by atoms with Crippen molar-refractivity contribution in [1.82, 2.24) is 0 Å². The molecular weight excluding hydrogens is 240 g/mol. The van der Waals surface area contributed by atoms with Crippen molar-refractivity contribution in [2.45, 2.75) is 0 Å². The van der Waals surface area contributed by atoms with Crippen LogP contribution in [-0.2, 0) is 0 Å². The summed E-state index contributed by atoms with van der Waals surface area (Å²) in [5, 5.41) is 18.5. The third-order valence-electron chi connectivity index (χ3n) is 2.35. The third-order valence-corrected chi connectivity index (χ3v) is 2.56. The lowest BCUT2D eigenvalue weighted by molar-refractivity contribution is 0.0697. The van der Waals surface area contributed by atoms with Gasteiger partial charge in [-0.05, 0) is 41.5 Å². The van der Waals surface area contributed by atoms with E-state index in [9.17, 15) is 9.90 Å². The van der Waals surface area contributed by atoms with Crippen molar-refractivity contribution in [2.75, 3.05) is 0 Å². The lowest BCUT2D eigenvalue weighted by Gasteiger charge is -2.04. The number of halogens is 1. The fourth-order valence-electron chi connectivity index (χ4n) is 1.53. The molecule has 0 aromatic heterocycles. The normalized spacial score (nSPS) is 10.2. The summed E-state index contributed by atoms with van der Waals surface area (Å²) in [5.74, 6) is -0.859. The minimum absolute atomic E-state index is 0.139. The van der Waals surface area contributed by atoms with Crippen molar-refractivity contribution in [1.29, 1.82) is 0 Å². The number of carbonyl (C=O) groups is 1. The Morgan fingerprint density at radius 2 is 1.65 bits per heavy atom. The topological polar surface area (TPSA) is 57.5 Å². The predicted molar refractivity (Wildman–Crippen MR) is 65.5 cm³/mol. The number of hydrogen-bond donors (Lipinski definition) is 2. The van der Waals surface area contributed by atoms with Gasteiger partial charge in [-0.2, -0.15) is 0 Å². The zero-order valence-electron chi connectivity index (χ0n) is 8.72. The highest BCUT2D eigenvalue weighted by atomic mass is 35.5. The fraction of sp³-hybridized carbons (Fsp3) is 0. The van der Waals surface area contributed by atoms with Crippen LogP contribution in [0.2, 0.25) is 5.02 Å². The molecule has 0 spiro atoms. The first kappa shape index (κ1) is 11.5. The van der Waals surface area contributed by atoms with Gasteiger partial charge in [-0.15, -0.1) is 0 Å². The Balaban J connectivity index is 2.51. The van der Waals surface area contributed by atoms with Crippen LogP contribution in [0.4, 0.5) is 0 Å². The second kappa shape index (κ2) is 4.47. The Morgan fingerprint density at radius 1 is 1.00 bits per heavy atom. The highest BCUT2D eigenvalue weighted by Gasteiger charge is 2.07. The molecule has 0 aliphatic heterocycles. The molecule has 4 heteroatoms. The van der Waals surface area contributed by atoms with Gasteiger partial charge in [0, 0.05) is 5.02 Å². The molecule has 0 saturated carbocycles. The molecule has 3 nitrogen and oxygen atoms in total. The summed E-state index contributed by atoms with van der Waals surface area (Å²) in [5.41, 5.74) is 1.64. The smallest absolute Gasteiger partial charge is 0.335 e. The van der Waals surface area contributed by atoms with E-state index in [4.69, 9.17) is 16.7 Å². The Hall–Kier alpha value is -2.00. The molecule has 0 fully saturated rings. The largest absolute Gasteiger partial charge is 0.508 e. The Bertz CT molecular complexity index is 561. The zero-order valence-corrected chi connectivity index (χ0v) is 9.48. The van der Waals surface area contributed by atoms with Gasteiger partial charge in [0.1, 0.15) is 5.75 Å². The van der Waals surface area contributed by atoms with Crippen molar-refractivity contribution in [3.63, 3.8) is 0 Å². The summed E-state index contributed by atoms with van der Waals surface area (Å²) >= 11 is 5.86. The van der Waals surface area contributed by atoms with E-state index in [1.165, 1.54) is 18.2 Å². The highest BCUT2D eigenvalue weighted by molar-refractivity contribution is 6.31. The van der Waals surface area contributed by atoms with E-state index in [1.807, 2.05) is 0 Å². The van der Waals surface area contributed by atoms with Crippen LogP contribution in [0.3, 0.4) is 0 Å². The molecule has 17 heavy (non-hydrogen) atoms. The van der Waals surface area contributed by atoms with E-state index >= 15 is 0 Å². The Morgan fingerprint density at radius 3 is 2.24 bits per heavy atom. The predicted octanol–water partition coefficient (Wildman–Crippen LogP) is 3.41. The van der Waals surface area contributed by atoms with E-state index in [0.29, 0.717) is 10.6 Å². The summed E-state index contributed by atoms with van der Waals surface area (Å²) < 4.78 is 0. The first-order valence-electron chi connectivity index (χ1n) is 4.89. The number of phenols is 1. The number of rotatable bonds is 2. The number of benzene rings is 2. The molecule has 86 valence electrons. The van der Waals surface area contributed by atoms with Gasteiger partial charge in [0.05, 0.1) is 5.56 Å². The average Bonchev–Trinajstić information content (AvgIpc) is 2.29. The molecule has 0 aliphatic rings. The summed E-state index contributed by atoms with van der Waals surface area (Å²) in [6, 6.07) is 11.1. The molecule has 0 bridgehead atoms. The fourth-order valence-corrected chi connectivity index (χ4v) is 1.77. The van der Waals surface area contributed by atoms with Crippen LogP contribution in [0.25, 0.3) is 11.1 Å². The first-order chi connectivity index (χ1) is 8.06. The second-order valence-corrected chi connectivity index (χ2v) is 4.02. The molecule has 0 atom stereocenters. The minimum Gasteiger partial charge on any atom is -0.508 e. The van der Waals surface area contributed by atoms with Gasteiger partial charge in [-0.1, -0.05) is 23.7 Å². The second-order valence-electron chi connectivity index (χ2n) is 3.58. The van der Waals surface area contributed by atoms with Gasteiger partial charge >= 0.3 is 5.97 Å². The number of phenolic OH excluding ortho intramolecular Hbond substituents is 1. The van der Waals surface area contributed by atoms with Gasteiger partial charge in [-0.25, -0.2) is 4.79 Å². The van der Waals surface area contributed by atoms with Gasteiger partial charge in [0.2, 0.25) is 0 Å². The molecule has 2 rings (SSSR count). The molecule has 0 saturated heterocycles. The van der Waals surface area contributed by atoms with Crippen LogP contribution in [0.5, 0.6) is 5.75 Å². The van der Waals surface area contributed by atoms with Gasteiger partial charge in [0.25, 0.3) is 0 Å². The van der Waals surface area contributed by atoms with E-state index in [0.717, 1.165) is 5.56 Å². The van der Waals surface area contributed by atoms with Crippen molar-refractivity contribution in [3.05, 3.63) is 53.1 Å². The SMILES string of the molecule is O=C(O)c1cc(Cl)cc(-c2ccc(O)cc2)c1. The lowest BCUT2D eigenvalue weighted by atomic mass is 10.0. The van der Waals surface area contributed by atoms with E-state index in [2.05, 4.69) is 0 Å². The van der Waals surface area contributed by atoms with Gasteiger partial charge < -0.3 is 10.2 Å². The number of aromatic hydroxyl groups is 1. The molecule has 0 aliphatic carbocycles. The van der Waals surface area contributed by atoms with Gasteiger partial charge in [0.15, 0.2) is 0 Å². The number of carboxylic acid groups (broad SMARTS) is 1. The number of carboxylic acids is 1. The number of aromatic carboxylic acids is 1. The van der Waals surface area contributed by atoms with Crippen molar-refractivity contribution >= 4 is 17.6 Å². The first-order valence-corrected chi connectivity index (χ1v) is 5.27. The maximum atomic E-state index is 10.9. The monoisotopic (exact) mass is 248 g/mol. The van der Waals surface area contributed by atoms with Crippen LogP contribution < -0.4 is 0 Å². The molecule has 0 heterocycles. The Labute approximate surface area is 103 Å². The van der Waals surface area contributed by atoms with E-state index < -0.39 is 5.97 Å². The molecular formula is C13H9ClO3. The summed E-state index contributed by atoms with van der Waals surface area (Å²) in [6.07, 6.45) is 0. The summed E-state index contributed by atoms with van der Waals surface area (Å²) in [7, 11) is 0. The average molecular weight is 249 g/mol. The van der Waals surface area contributed by atoms with Crippen molar-refractivity contribution in [3.8, 4) is 16.9 Å². The summed E-state index contributed by atoms with van der Waals surface area (Å²) in [6.45, 7) is 0. The Kier molecular flexibility index (Phi) is 3.02. The maximum Gasteiger partial charge on any atom is 0.335 e. The van der Waals surface area contributed by atoms with Crippen LogP contribution in [0.15, 0.2) is 42.5 Å². The third kappa shape index (κ3) is 2.57. The minimum atomic E-state index is -1.02. The van der Waals surface area contributed by atoms with E-state index in [-0.39, 0.29) is 11.3 Å².